The van der Waals surface area contributed by atoms with E-state index in [1.807, 2.05) is 6.92 Å². The summed E-state index contributed by atoms with van der Waals surface area (Å²) in [4.78, 5) is 25.0. The van der Waals surface area contributed by atoms with E-state index in [-0.39, 0.29) is 11.6 Å². The van der Waals surface area contributed by atoms with E-state index in [0.29, 0.717) is 24.9 Å². The lowest BCUT2D eigenvalue weighted by atomic mass is 9.93. The Balaban J connectivity index is 2.14. The second-order valence-electron chi connectivity index (χ2n) is 5.03. The average Bonchev–Trinajstić information content (AvgIpc) is 2.47. The Morgan fingerprint density at radius 1 is 1.57 bits per heavy atom. The number of hydrogen-bond acceptors (Lipinski definition) is 6. The van der Waals surface area contributed by atoms with Crippen LogP contribution in [0.15, 0.2) is 12.3 Å². The molecule has 1 saturated heterocycles. The Morgan fingerprint density at radius 3 is 2.81 bits per heavy atom. The van der Waals surface area contributed by atoms with Crippen molar-refractivity contribution in [1.82, 2.24) is 4.98 Å². The van der Waals surface area contributed by atoms with Gasteiger partial charge in [-0.1, -0.05) is 0 Å². The van der Waals surface area contributed by atoms with Gasteiger partial charge in [0, 0.05) is 25.3 Å². The first-order chi connectivity index (χ1) is 9.99. The van der Waals surface area contributed by atoms with Crippen LogP contribution in [-0.2, 0) is 4.74 Å². The van der Waals surface area contributed by atoms with Crippen LogP contribution < -0.4 is 5.32 Å². The molecular formula is C13H17N3O5. The van der Waals surface area contributed by atoms with Crippen LogP contribution in [0.4, 0.5) is 11.5 Å². The van der Waals surface area contributed by atoms with Gasteiger partial charge < -0.3 is 15.2 Å². The van der Waals surface area contributed by atoms with Gasteiger partial charge in [-0.25, -0.2) is 9.78 Å². The van der Waals surface area contributed by atoms with Crippen molar-refractivity contribution in [2.75, 3.05) is 18.5 Å². The summed E-state index contributed by atoms with van der Waals surface area (Å²) in [7, 11) is 0. The summed E-state index contributed by atoms with van der Waals surface area (Å²) in [6, 6.07) is 1.29. The predicted octanol–water partition coefficient (Wildman–Crippen LogP) is 1.91. The van der Waals surface area contributed by atoms with Gasteiger partial charge in [-0.05, 0) is 25.7 Å². The van der Waals surface area contributed by atoms with Crippen molar-refractivity contribution in [3.63, 3.8) is 0 Å². The number of nitrogens with zero attached hydrogens (tertiary/aromatic N) is 2. The van der Waals surface area contributed by atoms with Crippen LogP contribution >= 0.6 is 0 Å². The summed E-state index contributed by atoms with van der Waals surface area (Å²) < 4.78 is 5.30. The van der Waals surface area contributed by atoms with E-state index >= 15 is 0 Å². The Bertz CT molecular complexity index is 543. The topological polar surface area (TPSA) is 115 Å². The van der Waals surface area contributed by atoms with E-state index < -0.39 is 16.6 Å². The second kappa shape index (κ2) is 6.49. The molecule has 1 unspecified atom stereocenters. The lowest BCUT2D eigenvalue weighted by molar-refractivity contribution is -0.385. The number of hydrogen-bond donors (Lipinski definition) is 2. The summed E-state index contributed by atoms with van der Waals surface area (Å²) in [6.45, 7) is 3.41. The highest BCUT2D eigenvalue weighted by Gasteiger charge is 2.24. The van der Waals surface area contributed by atoms with Gasteiger partial charge in [-0.3, -0.25) is 10.1 Å². The molecule has 2 N–H and O–H groups in total. The summed E-state index contributed by atoms with van der Waals surface area (Å²) in [6.07, 6.45) is 2.82. The molecule has 2 heterocycles. The fourth-order valence-corrected chi connectivity index (χ4v) is 2.41. The van der Waals surface area contributed by atoms with Crippen LogP contribution in [-0.4, -0.2) is 40.2 Å². The third-order valence-electron chi connectivity index (χ3n) is 3.66. The number of aromatic carboxylic acids is 1. The molecule has 1 fully saturated rings. The maximum Gasteiger partial charge on any atom is 0.342 e. The van der Waals surface area contributed by atoms with Gasteiger partial charge in [-0.15, -0.1) is 0 Å². The lowest BCUT2D eigenvalue weighted by Gasteiger charge is -2.28. The number of anilines is 1. The highest BCUT2D eigenvalue weighted by Crippen LogP contribution is 2.24. The van der Waals surface area contributed by atoms with Crippen molar-refractivity contribution in [3.8, 4) is 0 Å². The molecule has 8 nitrogen and oxygen atoms in total. The first-order valence-corrected chi connectivity index (χ1v) is 6.71. The standard InChI is InChI=1S/C13H17N3O5/c1-8(9-2-4-21-5-3-9)15-12-6-10(13(17)18)11(7-14-12)16(19)20/h6-9H,2-5H2,1H3,(H,14,15)(H,17,18). The fourth-order valence-electron chi connectivity index (χ4n) is 2.41. The van der Waals surface area contributed by atoms with Crippen molar-refractivity contribution in [2.45, 2.75) is 25.8 Å². The molecule has 1 atom stereocenters. The molecule has 8 heteroatoms. The summed E-state index contributed by atoms with van der Waals surface area (Å²) in [5.74, 6) is -0.605. The fraction of sp³-hybridized carbons (Fsp3) is 0.538. The maximum absolute atomic E-state index is 11.1. The van der Waals surface area contributed by atoms with Gasteiger partial charge in [0.2, 0.25) is 0 Å². The summed E-state index contributed by atoms with van der Waals surface area (Å²) in [5.41, 5.74) is -0.872. The van der Waals surface area contributed by atoms with Crippen molar-refractivity contribution in [1.29, 1.82) is 0 Å². The zero-order valence-electron chi connectivity index (χ0n) is 11.6. The maximum atomic E-state index is 11.1. The number of carboxylic acid groups (broad SMARTS) is 1. The van der Waals surface area contributed by atoms with E-state index in [9.17, 15) is 14.9 Å². The number of carboxylic acids is 1. The zero-order chi connectivity index (χ0) is 15.4. The molecule has 0 saturated carbocycles. The first-order valence-electron chi connectivity index (χ1n) is 6.71. The number of rotatable bonds is 5. The summed E-state index contributed by atoms with van der Waals surface area (Å²) >= 11 is 0. The monoisotopic (exact) mass is 295 g/mol. The number of carbonyl (C=O) groups is 1. The van der Waals surface area contributed by atoms with Crippen molar-refractivity contribution >= 4 is 17.5 Å². The zero-order valence-corrected chi connectivity index (χ0v) is 11.6. The van der Waals surface area contributed by atoms with Crippen molar-refractivity contribution in [2.24, 2.45) is 5.92 Å². The highest BCUT2D eigenvalue weighted by atomic mass is 16.6. The van der Waals surface area contributed by atoms with Crippen LogP contribution in [0.3, 0.4) is 0 Å². The molecule has 0 amide bonds. The molecule has 0 radical (unpaired) electrons. The summed E-state index contributed by atoms with van der Waals surface area (Å²) in [5, 5.41) is 22.9. The van der Waals surface area contributed by atoms with Gasteiger partial charge in [-0.2, -0.15) is 0 Å². The molecule has 114 valence electrons. The number of nitro groups is 1. The molecule has 2 rings (SSSR count). The number of pyridine rings is 1. The first kappa shape index (κ1) is 15.2. The normalized spacial score (nSPS) is 17.2. The van der Waals surface area contributed by atoms with Gasteiger partial charge in [0.15, 0.2) is 0 Å². The van der Waals surface area contributed by atoms with Gasteiger partial charge in [0.05, 0.1) is 4.92 Å². The quantitative estimate of drug-likeness (QED) is 0.629. The third-order valence-corrected chi connectivity index (χ3v) is 3.66. The van der Waals surface area contributed by atoms with Crippen LogP contribution in [0.2, 0.25) is 0 Å². The van der Waals surface area contributed by atoms with Crippen LogP contribution in [0, 0.1) is 16.0 Å². The molecule has 21 heavy (non-hydrogen) atoms. The molecular weight excluding hydrogens is 278 g/mol. The van der Waals surface area contributed by atoms with E-state index in [1.165, 1.54) is 6.07 Å². The average molecular weight is 295 g/mol. The van der Waals surface area contributed by atoms with E-state index in [4.69, 9.17) is 9.84 Å². The Kier molecular flexibility index (Phi) is 4.69. The molecule has 0 aromatic carbocycles. The molecule has 0 spiro atoms. The van der Waals surface area contributed by atoms with E-state index in [0.717, 1.165) is 19.0 Å². The molecule has 1 aliphatic rings. The Labute approximate surface area is 121 Å². The molecule has 1 aromatic heterocycles. The van der Waals surface area contributed by atoms with E-state index in [2.05, 4.69) is 10.3 Å². The highest BCUT2D eigenvalue weighted by molar-refractivity contribution is 5.93. The minimum Gasteiger partial charge on any atom is -0.477 e. The minimum absolute atomic E-state index is 0.0875. The molecule has 1 aromatic rings. The molecule has 0 aliphatic carbocycles. The van der Waals surface area contributed by atoms with Crippen molar-refractivity contribution in [3.05, 3.63) is 27.9 Å². The second-order valence-corrected chi connectivity index (χ2v) is 5.03. The van der Waals surface area contributed by atoms with Crippen LogP contribution in [0.1, 0.15) is 30.1 Å². The molecule has 0 bridgehead atoms. The van der Waals surface area contributed by atoms with E-state index in [1.54, 1.807) is 0 Å². The minimum atomic E-state index is -1.34. The Hall–Kier alpha value is -2.22. The van der Waals surface area contributed by atoms with Gasteiger partial charge in [0.1, 0.15) is 17.6 Å². The van der Waals surface area contributed by atoms with Gasteiger partial charge in [0.25, 0.3) is 0 Å². The predicted molar refractivity (Wildman–Crippen MR) is 74.5 cm³/mol. The van der Waals surface area contributed by atoms with Crippen LogP contribution in [0.25, 0.3) is 0 Å². The number of ether oxygens (including phenoxy) is 1. The molecule has 1 aliphatic heterocycles. The van der Waals surface area contributed by atoms with Crippen molar-refractivity contribution < 1.29 is 19.6 Å². The third kappa shape index (κ3) is 3.66. The number of aromatic nitrogens is 1. The van der Waals surface area contributed by atoms with Crippen LogP contribution in [0.5, 0.6) is 0 Å². The smallest absolute Gasteiger partial charge is 0.342 e. The number of nitrogens with one attached hydrogen (secondary N) is 1. The largest absolute Gasteiger partial charge is 0.477 e. The lowest BCUT2D eigenvalue weighted by Crippen LogP contribution is -2.31. The Morgan fingerprint density at radius 2 is 2.24 bits per heavy atom. The SMILES string of the molecule is CC(Nc1cc(C(=O)O)c([N+](=O)[O-])cn1)C1CCOCC1. The van der Waals surface area contributed by atoms with Gasteiger partial charge >= 0.3 is 11.7 Å².